The standard InChI is InChI=1S/C30H34F7N3O3/c1-17-10-22(31)4-5-24(17)25-14-28(7-6-23-16-43-26(41)15-40(23)28)8-9-39(25)27(42)38(3)18(2)19-11-20(29(32,33)34)13-21(12-19)30(35,36)37/h4-5,10-13,18,23,25-26,41H,6-9,14-16H2,1-3H3/t18?,23-,25+,26?,28-/m0/s1. The number of benzene rings is 2. The molecule has 236 valence electrons. The molecule has 5 rings (SSSR count). The van der Waals surface area contributed by atoms with Crippen molar-refractivity contribution < 1.29 is 45.4 Å². The van der Waals surface area contributed by atoms with Crippen molar-refractivity contribution in [3.8, 4) is 0 Å². The molecular formula is C30H34F7N3O3. The first-order valence-corrected chi connectivity index (χ1v) is 14.2. The summed E-state index contributed by atoms with van der Waals surface area (Å²) in [6.07, 6.45) is -8.35. The zero-order valence-corrected chi connectivity index (χ0v) is 24.0. The molecule has 0 aromatic heterocycles. The van der Waals surface area contributed by atoms with E-state index in [2.05, 4.69) is 4.90 Å². The molecule has 0 aliphatic carbocycles. The van der Waals surface area contributed by atoms with Gasteiger partial charge < -0.3 is 19.6 Å². The number of morpholine rings is 1. The number of aliphatic hydroxyl groups excluding tert-OH is 1. The van der Waals surface area contributed by atoms with Crippen LogP contribution in [0.1, 0.15) is 72.5 Å². The Balaban J connectivity index is 1.48. The number of hydrogen-bond acceptors (Lipinski definition) is 4. The van der Waals surface area contributed by atoms with Crippen molar-refractivity contribution in [3.05, 3.63) is 70.0 Å². The number of carbonyl (C=O) groups is 1. The maximum Gasteiger partial charge on any atom is 0.416 e. The highest BCUT2D eigenvalue weighted by atomic mass is 19.4. The summed E-state index contributed by atoms with van der Waals surface area (Å²) in [6, 6.07) is 3.46. The Morgan fingerprint density at radius 2 is 1.72 bits per heavy atom. The van der Waals surface area contributed by atoms with Crippen molar-refractivity contribution in [1.29, 1.82) is 0 Å². The summed E-state index contributed by atoms with van der Waals surface area (Å²) in [5, 5.41) is 10.2. The van der Waals surface area contributed by atoms with E-state index in [0.717, 1.165) is 17.7 Å². The van der Waals surface area contributed by atoms with Crippen LogP contribution in [-0.2, 0) is 17.1 Å². The molecule has 6 nitrogen and oxygen atoms in total. The number of ether oxygens (including phenoxy) is 1. The zero-order valence-electron chi connectivity index (χ0n) is 24.0. The van der Waals surface area contributed by atoms with Crippen molar-refractivity contribution in [1.82, 2.24) is 14.7 Å². The van der Waals surface area contributed by atoms with Gasteiger partial charge in [-0.3, -0.25) is 4.90 Å². The molecule has 3 aliphatic heterocycles. The third-order valence-corrected chi connectivity index (χ3v) is 9.41. The molecule has 43 heavy (non-hydrogen) atoms. The van der Waals surface area contributed by atoms with Crippen LogP contribution in [0.25, 0.3) is 0 Å². The number of aryl methyl sites for hydroxylation is 1. The number of carbonyl (C=O) groups excluding carboxylic acids is 1. The summed E-state index contributed by atoms with van der Waals surface area (Å²) >= 11 is 0. The topological polar surface area (TPSA) is 56.3 Å². The number of nitrogens with zero attached hydrogens (tertiary/aromatic N) is 3. The van der Waals surface area contributed by atoms with Crippen LogP contribution in [0, 0.1) is 12.7 Å². The third-order valence-electron chi connectivity index (χ3n) is 9.41. The number of hydrogen-bond donors (Lipinski definition) is 1. The van der Waals surface area contributed by atoms with Crippen molar-refractivity contribution in [3.63, 3.8) is 0 Å². The Labute approximate surface area is 245 Å². The molecule has 2 amide bonds. The number of urea groups is 1. The fourth-order valence-corrected chi connectivity index (χ4v) is 6.96. The van der Waals surface area contributed by atoms with Gasteiger partial charge in [-0.15, -0.1) is 0 Å². The van der Waals surface area contributed by atoms with Crippen LogP contribution in [0.15, 0.2) is 36.4 Å². The number of rotatable bonds is 3. The summed E-state index contributed by atoms with van der Waals surface area (Å²) in [5.41, 5.74) is -2.27. The van der Waals surface area contributed by atoms with Gasteiger partial charge in [-0.2, -0.15) is 26.3 Å². The average Bonchev–Trinajstić information content (AvgIpc) is 3.27. The molecule has 0 saturated carbocycles. The number of halogens is 7. The van der Waals surface area contributed by atoms with Gasteiger partial charge in [-0.1, -0.05) is 6.07 Å². The summed E-state index contributed by atoms with van der Waals surface area (Å²) in [6.45, 7) is 4.04. The molecule has 2 aromatic carbocycles. The first kappa shape index (κ1) is 31.5. The normalized spacial score (nSPS) is 27.3. The molecule has 1 N–H and O–H groups in total. The molecule has 1 spiro atoms. The van der Waals surface area contributed by atoms with E-state index >= 15 is 0 Å². The van der Waals surface area contributed by atoms with E-state index in [9.17, 15) is 40.6 Å². The third kappa shape index (κ3) is 6.08. The number of amides is 2. The minimum Gasteiger partial charge on any atom is -0.367 e. The average molecular weight is 618 g/mol. The van der Waals surface area contributed by atoms with E-state index in [0.29, 0.717) is 49.3 Å². The van der Waals surface area contributed by atoms with Gasteiger partial charge in [0.1, 0.15) is 5.82 Å². The zero-order chi connectivity index (χ0) is 31.5. The van der Waals surface area contributed by atoms with Crippen LogP contribution in [0.5, 0.6) is 0 Å². The van der Waals surface area contributed by atoms with E-state index in [1.54, 1.807) is 17.9 Å². The van der Waals surface area contributed by atoms with Gasteiger partial charge in [0.15, 0.2) is 6.29 Å². The predicted octanol–water partition coefficient (Wildman–Crippen LogP) is 6.67. The highest BCUT2D eigenvalue weighted by molar-refractivity contribution is 5.75. The number of β-amino-alcohol motifs (C(OH)–C–C–N with tert-alkyl or cyclic N) is 1. The van der Waals surface area contributed by atoms with Gasteiger partial charge >= 0.3 is 18.4 Å². The van der Waals surface area contributed by atoms with Crippen LogP contribution in [0.2, 0.25) is 0 Å². The first-order valence-electron chi connectivity index (χ1n) is 14.2. The van der Waals surface area contributed by atoms with Gasteiger partial charge in [0, 0.05) is 25.2 Å². The van der Waals surface area contributed by atoms with Gasteiger partial charge in [0.2, 0.25) is 0 Å². The van der Waals surface area contributed by atoms with Crippen LogP contribution in [-0.4, -0.2) is 70.5 Å². The van der Waals surface area contributed by atoms with Gasteiger partial charge in [-0.25, -0.2) is 9.18 Å². The molecule has 3 heterocycles. The number of alkyl halides is 6. The second-order valence-electron chi connectivity index (χ2n) is 11.9. The monoisotopic (exact) mass is 617 g/mol. The lowest BCUT2D eigenvalue weighted by Crippen LogP contribution is -2.60. The van der Waals surface area contributed by atoms with Gasteiger partial charge in [0.25, 0.3) is 0 Å². The number of fused-ring (bicyclic) bond motifs is 2. The first-order chi connectivity index (χ1) is 20.0. The fraction of sp³-hybridized carbons (Fsp3) is 0.567. The molecule has 3 fully saturated rings. The lowest BCUT2D eigenvalue weighted by molar-refractivity contribution is -0.179. The molecular weight excluding hydrogens is 583 g/mol. The lowest BCUT2D eigenvalue weighted by Gasteiger charge is -2.52. The minimum atomic E-state index is -5.02. The maximum absolute atomic E-state index is 14.1. The largest absolute Gasteiger partial charge is 0.416 e. The molecule has 3 saturated heterocycles. The van der Waals surface area contributed by atoms with E-state index in [1.807, 2.05) is 0 Å². The smallest absolute Gasteiger partial charge is 0.367 e. The number of aliphatic hydroxyl groups is 1. The van der Waals surface area contributed by atoms with Crippen molar-refractivity contribution in [2.24, 2.45) is 0 Å². The van der Waals surface area contributed by atoms with Crippen molar-refractivity contribution in [2.75, 3.05) is 26.7 Å². The summed E-state index contributed by atoms with van der Waals surface area (Å²) in [4.78, 5) is 19.0. The van der Waals surface area contributed by atoms with Gasteiger partial charge in [-0.05, 0) is 86.6 Å². The Morgan fingerprint density at radius 3 is 2.33 bits per heavy atom. The highest BCUT2D eigenvalue weighted by Gasteiger charge is 2.53. The number of piperidine rings is 1. The molecule has 3 aliphatic rings. The molecule has 0 radical (unpaired) electrons. The van der Waals surface area contributed by atoms with E-state index in [1.165, 1.54) is 26.1 Å². The molecule has 5 atom stereocenters. The van der Waals surface area contributed by atoms with Crippen LogP contribution in [0.3, 0.4) is 0 Å². The number of likely N-dealkylation sites (tertiary alicyclic amines) is 1. The SMILES string of the molecule is Cc1cc(F)ccc1[C@H]1C[C@]2(CC[C@H]3COC(O)CN32)CCN1C(=O)N(C)C(C)c1cc(C(F)(F)F)cc(C(F)(F)F)c1. The Bertz CT molecular complexity index is 1340. The van der Waals surface area contributed by atoms with Crippen LogP contribution in [0.4, 0.5) is 35.5 Å². The van der Waals surface area contributed by atoms with Crippen molar-refractivity contribution in [2.45, 2.75) is 81.8 Å². The summed E-state index contributed by atoms with van der Waals surface area (Å²) < 4.78 is 101. The fourth-order valence-electron chi connectivity index (χ4n) is 6.96. The molecule has 13 heteroatoms. The lowest BCUT2D eigenvalue weighted by atomic mass is 9.78. The Hall–Kier alpha value is -2.90. The van der Waals surface area contributed by atoms with Crippen molar-refractivity contribution >= 4 is 6.03 Å². The molecule has 2 unspecified atom stereocenters. The van der Waals surface area contributed by atoms with Crippen LogP contribution >= 0.6 is 0 Å². The van der Waals surface area contributed by atoms with E-state index in [4.69, 9.17) is 4.74 Å². The van der Waals surface area contributed by atoms with Gasteiger partial charge in [0.05, 0.1) is 36.4 Å². The molecule has 2 aromatic rings. The second-order valence-corrected chi connectivity index (χ2v) is 11.9. The second kappa shape index (κ2) is 11.2. The predicted molar refractivity (Wildman–Crippen MR) is 142 cm³/mol. The summed E-state index contributed by atoms with van der Waals surface area (Å²) in [5.74, 6) is -0.447. The quantitative estimate of drug-likeness (QED) is 0.391. The van der Waals surface area contributed by atoms with E-state index in [-0.39, 0.29) is 29.8 Å². The van der Waals surface area contributed by atoms with E-state index < -0.39 is 53.7 Å². The Kier molecular flexibility index (Phi) is 8.23. The van der Waals surface area contributed by atoms with Crippen LogP contribution < -0.4 is 0 Å². The minimum absolute atomic E-state index is 0.0624. The maximum atomic E-state index is 14.1. The highest BCUT2D eigenvalue weighted by Crippen LogP contribution is 2.49. The Morgan fingerprint density at radius 1 is 1.07 bits per heavy atom. The summed E-state index contributed by atoms with van der Waals surface area (Å²) in [7, 11) is 1.35. The molecule has 0 bridgehead atoms.